The number of hydrogen-bond donors (Lipinski definition) is 2. The van der Waals surface area contributed by atoms with Crippen LogP contribution in [0.5, 0.6) is 0 Å². The van der Waals surface area contributed by atoms with Gasteiger partial charge in [0.2, 0.25) is 0 Å². The van der Waals surface area contributed by atoms with E-state index in [1.54, 1.807) is 0 Å². The standard InChI is InChI=1S/C17H33N3/c1-3-14(2)18-17(19-15-10-6-4-7-11-15)20-16-12-8-5-9-13-16/h14-16H,3-13H2,1-2H3,(H2,18,19,20). The molecule has 0 radical (unpaired) electrons. The van der Waals surface area contributed by atoms with Crippen molar-refractivity contribution >= 4 is 5.96 Å². The molecule has 116 valence electrons. The van der Waals surface area contributed by atoms with Crippen molar-refractivity contribution in [3.8, 4) is 0 Å². The molecule has 0 aromatic heterocycles. The maximum Gasteiger partial charge on any atom is 0.191 e. The zero-order valence-electron chi connectivity index (χ0n) is 13.5. The lowest BCUT2D eigenvalue weighted by Gasteiger charge is -2.28. The van der Waals surface area contributed by atoms with Gasteiger partial charge in [0.15, 0.2) is 5.96 Å². The van der Waals surface area contributed by atoms with Crippen molar-refractivity contribution in [2.45, 2.75) is 103 Å². The Hall–Kier alpha value is -0.730. The first-order valence-electron chi connectivity index (χ1n) is 8.88. The summed E-state index contributed by atoms with van der Waals surface area (Å²) < 4.78 is 0. The number of guanidine groups is 1. The number of nitrogens with one attached hydrogen (secondary N) is 2. The van der Waals surface area contributed by atoms with Gasteiger partial charge < -0.3 is 10.6 Å². The predicted octanol–water partition coefficient (Wildman–Crippen LogP) is 3.99. The second-order valence-electron chi connectivity index (χ2n) is 6.70. The van der Waals surface area contributed by atoms with Crippen LogP contribution in [-0.2, 0) is 0 Å². The Balaban J connectivity index is 1.92. The minimum Gasteiger partial charge on any atom is -0.354 e. The third kappa shape index (κ3) is 5.34. The summed E-state index contributed by atoms with van der Waals surface area (Å²) in [6.07, 6.45) is 14.6. The Morgan fingerprint density at radius 1 is 1.00 bits per heavy atom. The molecule has 2 saturated carbocycles. The lowest BCUT2D eigenvalue weighted by molar-refractivity contribution is 0.402. The first kappa shape index (κ1) is 15.7. The zero-order valence-corrected chi connectivity index (χ0v) is 13.5. The topological polar surface area (TPSA) is 36.4 Å². The smallest absolute Gasteiger partial charge is 0.191 e. The number of aliphatic imine (C=N–C) groups is 1. The van der Waals surface area contributed by atoms with Gasteiger partial charge in [-0.15, -0.1) is 0 Å². The number of rotatable bonds is 4. The zero-order chi connectivity index (χ0) is 14.2. The predicted molar refractivity (Wildman–Crippen MR) is 87.2 cm³/mol. The maximum atomic E-state index is 5.01. The fourth-order valence-electron chi connectivity index (χ4n) is 3.28. The van der Waals surface area contributed by atoms with Gasteiger partial charge in [0, 0.05) is 12.1 Å². The molecule has 2 fully saturated rings. The van der Waals surface area contributed by atoms with Crippen LogP contribution in [0.15, 0.2) is 4.99 Å². The number of hydrogen-bond acceptors (Lipinski definition) is 1. The molecule has 1 atom stereocenters. The monoisotopic (exact) mass is 279 g/mol. The minimum atomic E-state index is 0.508. The summed E-state index contributed by atoms with van der Waals surface area (Å²) in [4.78, 5) is 5.01. The summed E-state index contributed by atoms with van der Waals surface area (Å²) in [6.45, 7) is 4.48. The molecule has 0 amide bonds. The van der Waals surface area contributed by atoms with Crippen LogP contribution in [0.1, 0.15) is 84.5 Å². The van der Waals surface area contributed by atoms with Crippen LogP contribution in [0, 0.1) is 0 Å². The third-order valence-corrected chi connectivity index (χ3v) is 4.83. The molecular weight excluding hydrogens is 246 g/mol. The lowest BCUT2D eigenvalue weighted by atomic mass is 9.95. The van der Waals surface area contributed by atoms with Crippen molar-refractivity contribution in [2.24, 2.45) is 4.99 Å². The van der Waals surface area contributed by atoms with E-state index in [1.165, 1.54) is 64.2 Å². The van der Waals surface area contributed by atoms with Gasteiger partial charge in [-0.3, -0.25) is 0 Å². The van der Waals surface area contributed by atoms with E-state index in [-0.39, 0.29) is 0 Å². The molecule has 2 N–H and O–H groups in total. The maximum absolute atomic E-state index is 5.01. The third-order valence-electron chi connectivity index (χ3n) is 4.83. The van der Waals surface area contributed by atoms with Crippen LogP contribution >= 0.6 is 0 Å². The summed E-state index contributed by atoms with van der Waals surface area (Å²) in [5.74, 6) is 1.08. The molecule has 2 aliphatic rings. The van der Waals surface area contributed by atoms with E-state index in [0.29, 0.717) is 18.1 Å². The molecule has 3 heteroatoms. The molecule has 2 aliphatic carbocycles. The Labute approximate surface area is 125 Å². The summed E-state index contributed by atoms with van der Waals surface area (Å²) >= 11 is 0. The van der Waals surface area contributed by atoms with Gasteiger partial charge in [-0.2, -0.15) is 0 Å². The Bertz CT molecular complexity index is 289. The van der Waals surface area contributed by atoms with Gasteiger partial charge >= 0.3 is 0 Å². The molecule has 20 heavy (non-hydrogen) atoms. The van der Waals surface area contributed by atoms with E-state index < -0.39 is 0 Å². The van der Waals surface area contributed by atoms with Gasteiger partial charge in [-0.25, -0.2) is 4.99 Å². The fourth-order valence-corrected chi connectivity index (χ4v) is 3.28. The van der Waals surface area contributed by atoms with Crippen molar-refractivity contribution < 1.29 is 0 Å². The van der Waals surface area contributed by atoms with Gasteiger partial charge in [0.1, 0.15) is 0 Å². The van der Waals surface area contributed by atoms with E-state index in [1.807, 2.05) is 0 Å². The van der Waals surface area contributed by atoms with E-state index in [2.05, 4.69) is 24.5 Å². The molecule has 1 unspecified atom stereocenters. The van der Waals surface area contributed by atoms with Gasteiger partial charge in [-0.1, -0.05) is 45.4 Å². The SMILES string of the molecule is CCC(C)NC(=NC1CCCCC1)NC1CCCCC1. The van der Waals surface area contributed by atoms with Crippen molar-refractivity contribution in [1.29, 1.82) is 0 Å². The fraction of sp³-hybridized carbons (Fsp3) is 0.941. The molecular formula is C17H33N3. The largest absolute Gasteiger partial charge is 0.354 e. The Morgan fingerprint density at radius 2 is 1.60 bits per heavy atom. The Kier molecular flexibility index (Phi) is 6.68. The van der Waals surface area contributed by atoms with E-state index >= 15 is 0 Å². The minimum absolute atomic E-state index is 0.508. The highest BCUT2D eigenvalue weighted by Gasteiger charge is 2.18. The van der Waals surface area contributed by atoms with Crippen molar-refractivity contribution in [3.05, 3.63) is 0 Å². The average molecular weight is 279 g/mol. The number of nitrogens with zero attached hydrogens (tertiary/aromatic N) is 1. The highest BCUT2D eigenvalue weighted by molar-refractivity contribution is 5.80. The lowest BCUT2D eigenvalue weighted by Crippen LogP contribution is -2.47. The molecule has 0 heterocycles. The van der Waals surface area contributed by atoms with Crippen LogP contribution in [0.4, 0.5) is 0 Å². The first-order chi connectivity index (χ1) is 9.78. The normalized spacial score (nSPS) is 24.4. The van der Waals surface area contributed by atoms with Crippen LogP contribution < -0.4 is 10.6 Å². The quantitative estimate of drug-likeness (QED) is 0.603. The summed E-state index contributed by atoms with van der Waals surface area (Å²) in [6, 6.07) is 1.70. The van der Waals surface area contributed by atoms with Crippen LogP contribution in [0.25, 0.3) is 0 Å². The molecule has 0 aliphatic heterocycles. The molecule has 0 aromatic carbocycles. The highest BCUT2D eigenvalue weighted by Crippen LogP contribution is 2.21. The summed E-state index contributed by atoms with van der Waals surface area (Å²) in [7, 11) is 0. The highest BCUT2D eigenvalue weighted by atomic mass is 15.2. The van der Waals surface area contributed by atoms with Crippen LogP contribution in [0.3, 0.4) is 0 Å². The van der Waals surface area contributed by atoms with Crippen molar-refractivity contribution in [1.82, 2.24) is 10.6 Å². The average Bonchev–Trinajstić information content (AvgIpc) is 2.49. The second kappa shape index (κ2) is 8.53. The Morgan fingerprint density at radius 3 is 2.20 bits per heavy atom. The van der Waals surface area contributed by atoms with Gasteiger partial charge in [0.05, 0.1) is 6.04 Å². The molecule has 3 nitrogen and oxygen atoms in total. The molecule has 2 rings (SSSR count). The summed E-state index contributed by atoms with van der Waals surface area (Å²) in [5.41, 5.74) is 0. The van der Waals surface area contributed by atoms with Crippen LogP contribution in [-0.4, -0.2) is 24.1 Å². The molecule has 0 spiro atoms. The molecule has 0 aromatic rings. The molecule has 0 saturated heterocycles. The first-order valence-corrected chi connectivity index (χ1v) is 8.88. The van der Waals surface area contributed by atoms with Crippen molar-refractivity contribution in [2.75, 3.05) is 0 Å². The second-order valence-corrected chi connectivity index (χ2v) is 6.70. The molecule has 0 bridgehead atoms. The van der Waals surface area contributed by atoms with Crippen molar-refractivity contribution in [3.63, 3.8) is 0 Å². The van der Waals surface area contributed by atoms with E-state index in [0.717, 1.165) is 12.4 Å². The van der Waals surface area contributed by atoms with Gasteiger partial charge in [0.25, 0.3) is 0 Å². The van der Waals surface area contributed by atoms with Gasteiger partial charge in [-0.05, 0) is 39.0 Å². The van der Waals surface area contributed by atoms with E-state index in [4.69, 9.17) is 4.99 Å². The summed E-state index contributed by atoms with van der Waals surface area (Å²) in [5, 5.41) is 7.31. The van der Waals surface area contributed by atoms with Crippen LogP contribution in [0.2, 0.25) is 0 Å². The van der Waals surface area contributed by atoms with E-state index in [9.17, 15) is 0 Å².